The van der Waals surface area contributed by atoms with Gasteiger partial charge in [-0.05, 0) is 57.9 Å². The maximum absolute atomic E-state index is 12.4. The van der Waals surface area contributed by atoms with Gasteiger partial charge in [-0.3, -0.25) is 9.89 Å². The van der Waals surface area contributed by atoms with Crippen LogP contribution in [0.5, 0.6) is 23.0 Å². The number of nitrogens with one attached hydrogen (secondary N) is 2. The standard InChI is InChI=1S/C20H19BrN4O5/c1-28-12-4-5-17(29-2)13(8-12)15-9-16(24-23-15)20(27)25-22-10-11-6-14(21)19(26)18(7-11)30-3/h4-10,26H,1-3H3,(H,23,24)(H,25,27)/b22-10+. The van der Waals surface area contributed by atoms with Crippen LogP contribution in [0, 0.1) is 0 Å². The van der Waals surface area contributed by atoms with Crippen LogP contribution < -0.4 is 19.6 Å². The number of hydrogen-bond donors (Lipinski definition) is 3. The largest absolute Gasteiger partial charge is 0.503 e. The number of ether oxygens (including phenoxy) is 3. The molecule has 0 aliphatic carbocycles. The summed E-state index contributed by atoms with van der Waals surface area (Å²) < 4.78 is 16.1. The number of carbonyl (C=O) groups excluding carboxylic acids is 1. The third-order valence-electron chi connectivity index (χ3n) is 4.16. The normalized spacial score (nSPS) is 10.8. The molecule has 0 saturated heterocycles. The predicted molar refractivity (Wildman–Crippen MR) is 115 cm³/mol. The Morgan fingerprint density at radius 3 is 2.60 bits per heavy atom. The van der Waals surface area contributed by atoms with Crippen molar-refractivity contribution in [3.05, 3.63) is 52.1 Å². The van der Waals surface area contributed by atoms with Gasteiger partial charge in [-0.1, -0.05) is 0 Å². The van der Waals surface area contributed by atoms with E-state index in [0.717, 1.165) is 0 Å². The number of aromatic nitrogens is 2. The van der Waals surface area contributed by atoms with E-state index in [-0.39, 0.29) is 17.2 Å². The molecule has 3 aromatic rings. The van der Waals surface area contributed by atoms with Crippen LogP contribution in [0.3, 0.4) is 0 Å². The summed E-state index contributed by atoms with van der Waals surface area (Å²) >= 11 is 3.23. The average Bonchev–Trinajstić information content (AvgIpc) is 3.25. The van der Waals surface area contributed by atoms with E-state index in [4.69, 9.17) is 14.2 Å². The number of H-pyrrole nitrogens is 1. The molecule has 0 radical (unpaired) electrons. The Hall–Kier alpha value is -3.53. The fourth-order valence-corrected chi connectivity index (χ4v) is 3.10. The zero-order valence-corrected chi connectivity index (χ0v) is 18.0. The number of aromatic amines is 1. The number of halogens is 1. The number of amides is 1. The summed E-state index contributed by atoms with van der Waals surface area (Å²) in [7, 11) is 4.56. The third kappa shape index (κ3) is 4.54. The number of nitrogens with zero attached hydrogens (tertiary/aromatic N) is 2. The van der Waals surface area contributed by atoms with Gasteiger partial charge in [-0.2, -0.15) is 10.2 Å². The Bertz CT molecular complexity index is 1100. The van der Waals surface area contributed by atoms with Crippen LogP contribution in [0.1, 0.15) is 16.1 Å². The van der Waals surface area contributed by atoms with Crippen molar-refractivity contribution in [2.75, 3.05) is 21.3 Å². The summed E-state index contributed by atoms with van der Waals surface area (Å²) in [6.07, 6.45) is 1.42. The highest BCUT2D eigenvalue weighted by Crippen LogP contribution is 2.35. The van der Waals surface area contributed by atoms with Gasteiger partial charge >= 0.3 is 0 Å². The monoisotopic (exact) mass is 474 g/mol. The number of rotatable bonds is 7. The van der Waals surface area contributed by atoms with Crippen molar-refractivity contribution < 1.29 is 24.1 Å². The van der Waals surface area contributed by atoms with Crippen molar-refractivity contribution in [1.29, 1.82) is 0 Å². The van der Waals surface area contributed by atoms with Crippen LogP contribution in [0.4, 0.5) is 0 Å². The van der Waals surface area contributed by atoms with Gasteiger partial charge in [0.2, 0.25) is 0 Å². The summed E-state index contributed by atoms with van der Waals surface area (Å²) in [5.74, 6) is 1.02. The number of phenolic OH excluding ortho intramolecular Hbond substituents is 1. The third-order valence-corrected chi connectivity index (χ3v) is 4.76. The topological polar surface area (TPSA) is 118 Å². The average molecular weight is 475 g/mol. The fraction of sp³-hybridized carbons (Fsp3) is 0.150. The van der Waals surface area contributed by atoms with Gasteiger partial charge in [0.1, 0.15) is 17.2 Å². The summed E-state index contributed by atoms with van der Waals surface area (Å²) in [6, 6.07) is 10.1. The van der Waals surface area contributed by atoms with E-state index in [0.29, 0.717) is 32.8 Å². The van der Waals surface area contributed by atoms with Crippen molar-refractivity contribution in [3.63, 3.8) is 0 Å². The molecule has 0 atom stereocenters. The molecule has 30 heavy (non-hydrogen) atoms. The lowest BCUT2D eigenvalue weighted by molar-refractivity contribution is 0.0950. The van der Waals surface area contributed by atoms with Crippen LogP contribution >= 0.6 is 15.9 Å². The van der Waals surface area contributed by atoms with Gasteiger partial charge in [0.15, 0.2) is 11.5 Å². The Labute approximate surface area is 180 Å². The second kappa shape index (κ2) is 9.31. The molecule has 2 aromatic carbocycles. The van der Waals surface area contributed by atoms with Gasteiger partial charge in [0, 0.05) is 5.56 Å². The molecule has 1 amide bonds. The number of aromatic hydroxyl groups is 1. The van der Waals surface area contributed by atoms with Crippen LogP contribution in [0.25, 0.3) is 11.3 Å². The molecule has 1 heterocycles. The molecule has 0 aliphatic rings. The van der Waals surface area contributed by atoms with Crippen LogP contribution in [-0.2, 0) is 0 Å². The first-order valence-electron chi connectivity index (χ1n) is 8.64. The molecule has 156 valence electrons. The van der Waals surface area contributed by atoms with E-state index < -0.39 is 5.91 Å². The molecule has 0 fully saturated rings. The van der Waals surface area contributed by atoms with Gasteiger partial charge in [-0.25, -0.2) is 5.43 Å². The smallest absolute Gasteiger partial charge is 0.289 e. The van der Waals surface area contributed by atoms with E-state index in [2.05, 4.69) is 36.7 Å². The van der Waals surface area contributed by atoms with Crippen molar-refractivity contribution in [3.8, 4) is 34.3 Å². The lowest BCUT2D eigenvalue weighted by Gasteiger charge is -2.08. The van der Waals surface area contributed by atoms with Crippen molar-refractivity contribution in [2.45, 2.75) is 0 Å². The van der Waals surface area contributed by atoms with E-state index in [1.807, 2.05) is 0 Å². The van der Waals surface area contributed by atoms with Gasteiger partial charge < -0.3 is 19.3 Å². The summed E-state index contributed by atoms with van der Waals surface area (Å²) in [6.45, 7) is 0. The second-order valence-corrected chi connectivity index (χ2v) is 6.84. The minimum Gasteiger partial charge on any atom is -0.503 e. The number of methoxy groups -OCH3 is 3. The molecule has 10 heteroatoms. The maximum Gasteiger partial charge on any atom is 0.289 e. The van der Waals surface area contributed by atoms with E-state index in [1.54, 1.807) is 50.6 Å². The minimum absolute atomic E-state index is 0.0170. The SMILES string of the molecule is COc1ccc(OC)c(-c2cc(C(=O)N/N=C/c3cc(Br)c(O)c(OC)c3)[nH]n2)c1. The van der Waals surface area contributed by atoms with E-state index >= 15 is 0 Å². The Balaban J connectivity index is 1.75. The first-order valence-corrected chi connectivity index (χ1v) is 9.43. The quantitative estimate of drug-likeness (QED) is 0.357. The first-order chi connectivity index (χ1) is 14.5. The number of carbonyl (C=O) groups is 1. The molecule has 0 aliphatic heterocycles. The predicted octanol–water partition coefficient (Wildman–Crippen LogP) is 3.33. The molecule has 0 saturated carbocycles. The first kappa shape index (κ1) is 21.2. The Morgan fingerprint density at radius 1 is 1.13 bits per heavy atom. The van der Waals surface area contributed by atoms with Crippen LogP contribution in [-0.4, -0.2) is 48.8 Å². The van der Waals surface area contributed by atoms with Crippen LogP contribution in [0.15, 0.2) is 46.0 Å². The molecular formula is C20H19BrN4O5. The Morgan fingerprint density at radius 2 is 1.90 bits per heavy atom. The molecule has 9 nitrogen and oxygen atoms in total. The number of benzene rings is 2. The van der Waals surface area contributed by atoms with E-state index in [1.165, 1.54) is 13.3 Å². The minimum atomic E-state index is -0.475. The molecule has 0 spiro atoms. The summed E-state index contributed by atoms with van der Waals surface area (Å²) in [5.41, 5.74) is 4.45. The number of phenols is 1. The molecule has 0 unspecified atom stereocenters. The highest BCUT2D eigenvalue weighted by atomic mass is 79.9. The highest BCUT2D eigenvalue weighted by Gasteiger charge is 2.15. The second-order valence-electron chi connectivity index (χ2n) is 5.99. The van der Waals surface area contributed by atoms with Crippen molar-refractivity contribution in [1.82, 2.24) is 15.6 Å². The van der Waals surface area contributed by atoms with Gasteiger partial charge in [0.25, 0.3) is 5.91 Å². The van der Waals surface area contributed by atoms with Crippen molar-refractivity contribution >= 4 is 28.1 Å². The number of hydrogen-bond acceptors (Lipinski definition) is 7. The zero-order valence-electron chi connectivity index (χ0n) is 16.4. The molecule has 3 N–H and O–H groups in total. The molecule has 0 bridgehead atoms. The fourth-order valence-electron chi connectivity index (χ4n) is 2.64. The lowest BCUT2D eigenvalue weighted by Crippen LogP contribution is -2.18. The molecule has 3 rings (SSSR count). The van der Waals surface area contributed by atoms with Crippen molar-refractivity contribution in [2.24, 2.45) is 5.10 Å². The molecule has 1 aromatic heterocycles. The van der Waals surface area contributed by atoms with Gasteiger partial charge in [-0.15, -0.1) is 0 Å². The Kier molecular flexibility index (Phi) is 6.58. The van der Waals surface area contributed by atoms with Gasteiger partial charge in [0.05, 0.1) is 37.7 Å². The van der Waals surface area contributed by atoms with Crippen LogP contribution in [0.2, 0.25) is 0 Å². The maximum atomic E-state index is 12.4. The lowest BCUT2D eigenvalue weighted by atomic mass is 10.1. The summed E-state index contributed by atoms with van der Waals surface area (Å²) in [4.78, 5) is 12.4. The number of hydrazone groups is 1. The van der Waals surface area contributed by atoms with E-state index in [9.17, 15) is 9.90 Å². The zero-order chi connectivity index (χ0) is 21.7. The highest BCUT2D eigenvalue weighted by molar-refractivity contribution is 9.10. The molecular weight excluding hydrogens is 456 g/mol. The summed E-state index contributed by atoms with van der Waals surface area (Å²) in [5, 5.41) is 20.6.